The van der Waals surface area contributed by atoms with E-state index in [-0.39, 0.29) is 6.54 Å². The van der Waals surface area contributed by atoms with Gasteiger partial charge in [-0.05, 0) is 0 Å². The molecule has 0 unspecified atom stereocenters. The predicted molar refractivity (Wildman–Crippen MR) is 42.8 cm³/mol. The lowest BCUT2D eigenvalue weighted by Crippen LogP contribution is -2.26. The molecular formula is C8H7F3N2O. The third kappa shape index (κ3) is 2.01. The molecule has 0 saturated heterocycles. The van der Waals surface area contributed by atoms with Gasteiger partial charge in [0.15, 0.2) is 5.82 Å². The molecular weight excluding hydrogens is 197 g/mol. The van der Waals surface area contributed by atoms with Crippen molar-refractivity contribution in [1.82, 2.24) is 9.55 Å². The number of Topliss-reactive ketones (excluding diaryl/α,β-unsaturated/α-hetero) is 1. The van der Waals surface area contributed by atoms with Gasteiger partial charge in [-0.1, -0.05) is 6.08 Å². The lowest BCUT2D eigenvalue weighted by molar-refractivity contribution is -0.0893. The van der Waals surface area contributed by atoms with Gasteiger partial charge in [0, 0.05) is 18.9 Å². The molecule has 0 N–H and O–H groups in total. The predicted octanol–water partition coefficient (Wildman–Crippen LogP) is 1.81. The monoisotopic (exact) mass is 204 g/mol. The molecule has 1 heterocycles. The van der Waals surface area contributed by atoms with Crippen molar-refractivity contribution in [2.75, 3.05) is 0 Å². The first-order valence-corrected chi connectivity index (χ1v) is 3.70. The minimum Gasteiger partial charge on any atom is -0.324 e. The highest BCUT2D eigenvalue weighted by atomic mass is 19.4. The van der Waals surface area contributed by atoms with Gasteiger partial charge < -0.3 is 4.57 Å². The molecule has 0 fully saturated rings. The van der Waals surface area contributed by atoms with Crippen molar-refractivity contribution in [2.24, 2.45) is 0 Å². The number of halogens is 3. The minimum absolute atomic E-state index is 0.122. The Morgan fingerprint density at radius 2 is 2.29 bits per heavy atom. The quantitative estimate of drug-likeness (QED) is 0.556. The second-order valence-electron chi connectivity index (χ2n) is 2.52. The van der Waals surface area contributed by atoms with E-state index in [0.29, 0.717) is 0 Å². The van der Waals surface area contributed by atoms with E-state index in [2.05, 4.69) is 11.6 Å². The molecule has 0 saturated carbocycles. The number of ketones is 1. The molecule has 0 aromatic carbocycles. The maximum absolute atomic E-state index is 12.0. The Labute approximate surface area is 77.9 Å². The first-order chi connectivity index (χ1) is 6.46. The maximum Gasteiger partial charge on any atom is 0.458 e. The minimum atomic E-state index is -4.88. The van der Waals surface area contributed by atoms with Gasteiger partial charge >= 0.3 is 12.0 Å². The second kappa shape index (κ2) is 3.65. The van der Waals surface area contributed by atoms with E-state index >= 15 is 0 Å². The van der Waals surface area contributed by atoms with Gasteiger partial charge in [-0.2, -0.15) is 13.2 Å². The van der Waals surface area contributed by atoms with E-state index in [1.54, 1.807) is 0 Å². The van der Waals surface area contributed by atoms with Crippen LogP contribution in [0.15, 0.2) is 25.0 Å². The zero-order valence-electron chi connectivity index (χ0n) is 7.08. The van der Waals surface area contributed by atoms with Crippen LogP contribution < -0.4 is 0 Å². The van der Waals surface area contributed by atoms with Crippen molar-refractivity contribution in [3.8, 4) is 0 Å². The molecule has 1 rings (SSSR count). The van der Waals surface area contributed by atoms with E-state index < -0.39 is 17.8 Å². The number of carbonyl (C=O) groups excluding carboxylic acids is 1. The number of allylic oxidation sites excluding steroid dienone is 1. The molecule has 0 aliphatic rings. The average molecular weight is 204 g/mol. The third-order valence-corrected chi connectivity index (χ3v) is 1.50. The number of aromatic nitrogens is 2. The molecule has 0 aliphatic heterocycles. The zero-order valence-corrected chi connectivity index (χ0v) is 7.08. The van der Waals surface area contributed by atoms with Crippen LogP contribution in [0.25, 0.3) is 0 Å². The van der Waals surface area contributed by atoms with Crippen LogP contribution in [0.3, 0.4) is 0 Å². The van der Waals surface area contributed by atoms with Crippen LogP contribution in [0.5, 0.6) is 0 Å². The van der Waals surface area contributed by atoms with Crippen molar-refractivity contribution in [1.29, 1.82) is 0 Å². The average Bonchev–Trinajstić information content (AvgIpc) is 2.50. The molecule has 1 aromatic rings. The van der Waals surface area contributed by atoms with Crippen LogP contribution in [0.2, 0.25) is 0 Å². The normalized spacial score (nSPS) is 11.4. The molecule has 6 heteroatoms. The molecule has 76 valence electrons. The van der Waals surface area contributed by atoms with Crippen molar-refractivity contribution < 1.29 is 18.0 Å². The van der Waals surface area contributed by atoms with Gasteiger partial charge in [0.1, 0.15) is 0 Å². The van der Waals surface area contributed by atoms with Gasteiger partial charge in [0.2, 0.25) is 0 Å². The van der Waals surface area contributed by atoms with Crippen molar-refractivity contribution in [3.63, 3.8) is 0 Å². The van der Waals surface area contributed by atoms with Gasteiger partial charge in [-0.3, -0.25) is 4.79 Å². The number of rotatable bonds is 3. The Morgan fingerprint density at radius 3 is 2.79 bits per heavy atom. The summed E-state index contributed by atoms with van der Waals surface area (Å²) < 4.78 is 37.1. The molecule has 0 aliphatic carbocycles. The highest BCUT2D eigenvalue weighted by Crippen LogP contribution is 2.20. The summed E-state index contributed by atoms with van der Waals surface area (Å²) in [6.45, 7) is 3.48. The molecule has 0 radical (unpaired) electrons. The highest BCUT2D eigenvalue weighted by Gasteiger charge is 2.41. The van der Waals surface area contributed by atoms with Crippen LogP contribution in [0.1, 0.15) is 10.6 Å². The zero-order chi connectivity index (χ0) is 10.8. The van der Waals surface area contributed by atoms with E-state index in [4.69, 9.17) is 0 Å². The summed E-state index contributed by atoms with van der Waals surface area (Å²) in [4.78, 5) is 14.1. The Bertz CT molecular complexity index is 354. The van der Waals surface area contributed by atoms with E-state index in [1.807, 2.05) is 0 Å². The molecule has 3 nitrogen and oxygen atoms in total. The molecule has 0 spiro atoms. The third-order valence-electron chi connectivity index (χ3n) is 1.50. The summed E-state index contributed by atoms with van der Waals surface area (Å²) >= 11 is 0. The topological polar surface area (TPSA) is 34.9 Å². The van der Waals surface area contributed by atoms with Gasteiger partial charge in [-0.15, -0.1) is 6.58 Å². The van der Waals surface area contributed by atoms with Crippen molar-refractivity contribution in [2.45, 2.75) is 12.7 Å². The molecule has 1 aromatic heterocycles. The summed E-state index contributed by atoms with van der Waals surface area (Å²) in [5.74, 6) is -2.55. The Balaban J connectivity index is 3.01. The molecule has 14 heavy (non-hydrogen) atoms. The van der Waals surface area contributed by atoms with Crippen LogP contribution in [0.4, 0.5) is 13.2 Å². The van der Waals surface area contributed by atoms with E-state index in [0.717, 1.165) is 10.8 Å². The number of alkyl halides is 3. The standard InChI is InChI=1S/C8H7F3N2O/c1-2-4-13-5-3-12-7(13)6(14)8(9,10)11/h2-3,5H,1,4H2. The number of nitrogens with zero attached hydrogens (tertiary/aromatic N) is 2. The Hall–Kier alpha value is -1.59. The fraction of sp³-hybridized carbons (Fsp3) is 0.250. The van der Waals surface area contributed by atoms with Gasteiger partial charge in [-0.25, -0.2) is 4.98 Å². The lowest BCUT2D eigenvalue weighted by atomic mass is 10.3. The summed E-state index contributed by atoms with van der Waals surface area (Å²) in [6.07, 6.45) is -1.07. The fourth-order valence-electron chi connectivity index (χ4n) is 0.931. The van der Waals surface area contributed by atoms with Gasteiger partial charge in [0.05, 0.1) is 0 Å². The highest BCUT2D eigenvalue weighted by molar-refractivity contribution is 5.97. The second-order valence-corrected chi connectivity index (χ2v) is 2.52. The number of carbonyl (C=O) groups is 1. The number of imidazole rings is 1. The smallest absolute Gasteiger partial charge is 0.324 e. The van der Waals surface area contributed by atoms with Gasteiger partial charge in [0.25, 0.3) is 0 Å². The summed E-state index contributed by atoms with van der Waals surface area (Å²) in [5, 5.41) is 0. The molecule has 0 atom stereocenters. The SMILES string of the molecule is C=CCn1ccnc1C(=O)C(F)(F)F. The van der Waals surface area contributed by atoms with E-state index in [9.17, 15) is 18.0 Å². The molecule has 0 bridgehead atoms. The maximum atomic E-state index is 12.0. The Kier molecular flexibility index (Phi) is 2.73. The van der Waals surface area contributed by atoms with Crippen molar-refractivity contribution >= 4 is 5.78 Å². The van der Waals surface area contributed by atoms with E-state index in [1.165, 1.54) is 12.3 Å². The van der Waals surface area contributed by atoms with Crippen molar-refractivity contribution in [3.05, 3.63) is 30.9 Å². The fourth-order valence-corrected chi connectivity index (χ4v) is 0.931. The first kappa shape index (κ1) is 10.5. The number of hydrogen-bond acceptors (Lipinski definition) is 2. The summed E-state index contributed by atoms with van der Waals surface area (Å²) in [5.41, 5.74) is 0. The lowest BCUT2D eigenvalue weighted by Gasteiger charge is -2.06. The van der Waals surface area contributed by atoms with Crippen LogP contribution in [-0.4, -0.2) is 21.5 Å². The van der Waals surface area contributed by atoms with Crippen LogP contribution in [-0.2, 0) is 6.54 Å². The Morgan fingerprint density at radius 1 is 1.64 bits per heavy atom. The largest absolute Gasteiger partial charge is 0.458 e. The van der Waals surface area contributed by atoms with Crippen LogP contribution in [0, 0.1) is 0 Å². The number of hydrogen-bond donors (Lipinski definition) is 0. The first-order valence-electron chi connectivity index (χ1n) is 3.70. The van der Waals surface area contributed by atoms with Crippen LogP contribution >= 0.6 is 0 Å². The summed E-state index contributed by atoms with van der Waals surface area (Å²) in [7, 11) is 0. The summed E-state index contributed by atoms with van der Waals surface area (Å²) in [6, 6.07) is 0. The molecule has 0 amide bonds.